The van der Waals surface area contributed by atoms with E-state index in [0.29, 0.717) is 0 Å². The predicted molar refractivity (Wildman–Crippen MR) is 135 cm³/mol. The third-order valence-electron chi connectivity index (χ3n) is 5.71. The van der Waals surface area contributed by atoms with Crippen LogP contribution in [0.25, 0.3) is 28.0 Å². The molecule has 0 aliphatic carbocycles. The van der Waals surface area contributed by atoms with Crippen molar-refractivity contribution in [3.63, 3.8) is 0 Å². The van der Waals surface area contributed by atoms with Crippen LogP contribution in [0.15, 0.2) is 54.6 Å². The summed E-state index contributed by atoms with van der Waals surface area (Å²) in [5, 5.41) is 10.1. The van der Waals surface area contributed by atoms with Crippen molar-refractivity contribution < 1.29 is 4.74 Å². The number of pyridine rings is 1. The van der Waals surface area contributed by atoms with Gasteiger partial charge in [-0.1, -0.05) is 18.2 Å². The maximum Gasteiger partial charge on any atom is 0.189 e. The molecule has 0 saturated heterocycles. The number of aromatic nitrogens is 4. The van der Waals surface area contributed by atoms with Crippen molar-refractivity contribution in [2.24, 2.45) is 0 Å². The number of benzene rings is 2. The van der Waals surface area contributed by atoms with Crippen LogP contribution in [-0.4, -0.2) is 26.9 Å². The zero-order valence-electron chi connectivity index (χ0n) is 19.3. The van der Waals surface area contributed by atoms with Gasteiger partial charge < -0.3 is 10.1 Å². The summed E-state index contributed by atoms with van der Waals surface area (Å²) in [6.45, 7) is 8.26. The molecular formula is C26H25N5OS. The second-order valence-corrected chi connectivity index (χ2v) is 9.29. The highest BCUT2D eigenvalue weighted by atomic mass is 32.1. The first kappa shape index (κ1) is 21.2. The molecule has 2 aromatic carbocycles. The minimum atomic E-state index is 0.753. The smallest absolute Gasteiger partial charge is 0.189 e. The molecule has 0 spiro atoms. The summed E-state index contributed by atoms with van der Waals surface area (Å²) >= 11 is 1.62. The molecule has 1 N–H and O–H groups in total. The van der Waals surface area contributed by atoms with Crippen LogP contribution in [0.1, 0.15) is 21.7 Å². The Bertz CT molecular complexity index is 1470. The Morgan fingerprint density at radius 3 is 2.42 bits per heavy atom. The number of methoxy groups -OCH3 is 1. The Kier molecular flexibility index (Phi) is 5.34. The number of thiazole rings is 1. The van der Waals surface area contributed by atoms with Crippen LogP contribution < -0.4 is 10.1 Å². The number of aryl methyl sites for hydroxylation is 4. The number of rotatable bonds is 5. The molecular weight excluding hydrogens is 430 g/mol. The van der Waals surface area contributed by atoms with Gasteiger partial charge in [-0.2, -0.15) is 5.10 Å². The summed E-state index contributed by atoms with van der Waals surface area (Å²) < 4.78 is 7.30. The van der Waals surface area contributed by atoms with Crippen molar-refractivity contribution in [2.75, 3.05) is 12.4 Å². The Labute approximate surface area is 196 Å². The third kappa shape index (κ3) is 3.85. The lowest BCUT2D eigenvalue weighted by atomic mass is 10.1. The van der Waals surface area contributed by atoms with Crippen LogP contribution in [0.3, 0.4) is 0 Å². The average Bonchev–Trinajstić information content (AvgIpc) is 3.33. The molecule has 0 aliphatic rings. The maximum atomic E-state index is 5.39. The number of nitrogens with zero attached hydrogens (tertiary/aromatic N) is 4. The first-order valence-electron chi connectivity index (χ1n) is 10.8. The fourth-order valence-electron chi connectivity index (χ4n) is 4.17. The van der Waals surface area contributed by atoms with Crippen LogP contribution in [0, 0.1) is 27.7 Å². The molecule has 3 heterocycles. The third-order valence-corrected chi connectivity index (χ3v) is 6.60. The molecule has 0 bridgehead atoms. The van der Waals surface area contributed by atoms with Gasteiger partial charge in [0.1, 0.15) is 11.6 Å². The van der Waals surface area contributed by atoms with Gasteiger partial charge in [-0.25, -0.2) is 14.6 Å². The zero-order valence-corrected chi connectivity index (χ0v) is 20.1. The molecule has 3 aromatic heterocycles. The molecule has 7 heteroatoms. The van der Waals surface area contributed by atoms with Gasteiger partial charge in [0.25, 0.3) is 0 Å². The van der Waals surface area contributed by atoms with Crippen molar-refractivity contribution in [2.45, 2.75) is 27.7 Å². The van der Waals surface area contributed by atoms with Gasteiger partial charge in [-0.05, 0) is 75.2 Å². The number of hydrogen-bond donors (Lipinski definition) is 1. The second-order valence-electron chi connectivity index (χ2n) is 8.09. The SMILES string of the molecule is COc1ccc(-c2nc(Nc3cc(C)c4c(C)nn(-c5ccccc5)c4n3)sc2C)cc1C. The molecule has 0 saturated carbocycles. The van der Waals surface area contributed by atoms with E-state index in [2.05, 4.69) is 31.3 Å². The highest BCUT2D eigenvalue weighted by Gasteiger charge is 2.16. The fourth-order valence-corrected chi connectivity index (χ4v) is 5.01. The highest BCUT2D eigenvalue weighted by Crippen LogP contribution is 2.34. The lowest BCUT2D eigenvalue weighted by Gasteiger charge is -2.07. The van der Waals surface area contributed by atoms with Gasteiger partial charge in [0.2, 0.25) is 0 Å². The van der Waals surface area contributed by atoms with Gasteiger partial charge in [0, 0.05) is 15.8 Å². The Hall–Kier alpha value is -3.71. The van der Waals surface area contributed by atoms with Crippen LogP contribution >= 0.6 is 11.3 Å². The topological polar surface area (TPSA) is 64.9 Å². The van der Waals surface area contributed by atoms with Crippen molar-refractivity contribution in [3.8, 4) is 22.7 Å². The molecule has 0 unspecified atom stereocenters. The summed E-state index contributed by atoms with van der Waals surface area (Å²) in [6, 6.07) is 18.3. The molecule has 0 aliphatic heterocycles. The van der Waals surface area contributed by atoms with E-state index < -0.39 is 0 Å². The van der Waals surface area contributed by atoms with Gasteiger partial charge in [0.05, 0.1) is 24.2 Å². The Morgan fingerprint density at radius 1 is 0.909 bits per heavy atom. The molecule has 0 radical (unpaired) electrons. The number of nitrogens with one attached hydrogen (secondary N) is 1. The van der Waals surface area contributed by atoms with Crippen molar-refractivity contribution in [3.05, 3.63) is 76.3 Å². The van der Waals surface area contributed by atoms with Crippen molar-refractivity contribution >= 4 is 33.3 Å². The average molecular weight is 456 g/mol. The minimum Gasteiger partial charge on any atom is -0.496 e. The highest BCUT2D eigenvalue weighted by molar-refractivity contribution is 7.16. The van der Waals surface area contributed by atoms with Crippen molar-refractivity contribution in [1.82, 2.24) is 19.7 Å². The van der Waals surface area contributed by atoms with Crippen molar-refractivity contribution in [1.29, 1.82) is 0 Å². The Morgan fingerprint density at radius 2 is 1.70 bits per heavy atom. The first-order chi connectivity index (χ1) is 15.9. The summed E-state index contributed by atoms with van der Waals surface area (Å²) in [5.74, 6) is 1.63. The summed E-state index contributed by atoms with van der Waals surface area (Å²) in [6.07, 6.45) is 0. The van der Waals surface area contributed by atoms with E-state index in [1.807, 2.05) is 61.0 Å². The van der Waals surface area contributed by atoms with Gasteiger partial charge in [-0.15, -0.1) is 11.3 Å². The van der Waals surface area contributed by atoms with E-state index in [0.717, 1.165) is 66.4 Å². The van der Waals surface area contributed by atoms with E-state index in [1.165, 1.54) is 0 Å². The lowest BCUT2D eigenvalue weighted by molar-refractivity contribution is 0.412. The molecule has 166 valence electrons. The molecule has 0 amide bonds. The van der Waals surface area contributed by atoms with Crippen LogP contribution in [0.5, 0.6) is 5.75 Å². The molecule has 5 rings (SSSR count). The minimum absolute atomic E-state index is 0.753. The molecule has 33 heavy (non-hydrogen) atoms. The summed E-state index contributed by atoms with van der Waals surface area (Å²) in [7, 11) is 1.69. The van der Waals surface area contributed by atoms with Gasteiger partial charge in [0.15, 0.2) is 10.8 Å². The number of fused-ring (bicyclic) bond motifs is 1. The molecule has 0 atom stereocenters. The zero-order chi connectivity index (χ0) is 23.1. The van der Waals surface area contributed by atoms with Crippen LogP contribution in [-0.2, 0) is 0 Å². The predicted octanol–water partition coefficient (Wildman–Crippen LogP) is 6.53. The number of anilines is 2. The first-order valence-corrected chi connectivity index (χ1v) is 11.6. The standard InChI is InChI=1S/C26H25N5OS/c1-15-13-19(11-12-21(15)32-5)24-18(4)33-26(29-24)28-22-14-16(2)23-17(3)30-31(25(23)27-22)20-9-7-6-8-10-20/h6-14H,1-5H3,(H,27,28,29). The number of hydrogen-bond acceptors (Lipinski definition) is 6. The molecule has 6 nitrogen and oxygen atoms in total. The fraction of sp³-hybridized carbons (Fsp3) is 0.192. The van der Waals surface area contributed by atoms with Gasteiger partial charge >= 0.3 is 0 Å². The van der Waals surface area contributed by atoms with E-state index in [-0.39, 0.29) is 0 Å². The number of para-hydroxylation sites is 1. The summed E-state index contributed by atoms with van der Waals surface area (Å²) in [5.41, 5.74) is 7.05. The maximum absolute atomic E-state index is 5.39. The quantitative estimate of drug-likeness (QED) is 0.326. The van der Waals surface area contributed by atoms with Crippen LogP contribution in [0.2, 0.25) is 0 Å². The molecule has 0 fully saturated rings. The van der Waals surface area contributed by atoms with E-state index in [1.54, 1.807) is 18.4 Å². The monoisotopic (exact) mass is 455 g/mol. The van der Waals surface area contributed by atoms with Gasteiger partial charge in [-0.3, -0.25) is 0 Å². The second kappa shape index (κ2) is 8.33. The molecule has 5 aromatic rings. The van der Waals surface area contributed by atoms with Crippen LogP contribution in [0.4, 0.5) is 10.9 Å². The van der Waals surface area contributed by atoms with E-state index in [9.17, 15) is 0 Å². The normalized spacial score (nSPS) is 11.2. The largest absolute Gasteiger partial charge is 0.496 e. The summed E-state index contributed by atoms with van der Waals surface area (Å²) in [4.78, 5) is 10.9. The number of ether oxygens (including phenoxy) is 1. The Balaban J connectivity index is 1.52. The van der Waals surface area contributed by atoms with E-state index >= 15 is 0 Å². The van der Waals surface area contributed by atoms with E-state index in [4.69, 9.17) is 19.8 Å². The lowest BCUT2D eigenvalue weighted by Crippen LogP contribution is -2.00.